The fourth-order valence-corrected chi connectivity index (χ4v) is 2.63. The predicted molar refractivity (Wildman–Crippen MR) is 104 cm³/mol. The molecule has 1 amide bonds. The zero-order valence-corrected chi connectivity index (χ0v) is 15.5. The molecule has 28 heavy (non-hydrogen) atoms. The van der Waals surface area contributed by atoms with Gasteiger partial charge in [-0.05, 0) is 30.5 Å². The number of nitro benzene ring substituents is 1. The number of carbonyl (C=O) groups is 2. The first-order valence-corrected chi connectivity index (χ1v) is 8.90. The Kier molecular flexibility index (Phi) is 7.50. The molecule has 0 bridgehead atoms. The minimum atomic E-state index is -0.909. The number of nitrogens with zero attached hydrogens (tertiary/aromatic N) is 1. The van der Waals surface area contributed by atoms with Crippen molar-refractivity contribution in [1.29, 1.82) is 0 Å². The molecule has 148 valence electrons. The van der Waals surface area contributed by atoms with Gasteiger partial charge in [0, 0.05) is 18.1 Å². The molecule has 0 aliphatic rings. The molecule has 0 spiro atoms. The van der Waals surface area contributed by atoms with Crippen LogP contribution in [0.3, 0.4) is 0 Å². The van der Waals surface area contributed by atoms with Crippen LogP contribution >= 0.6 is 0 Å². The highest BCUT2D eigenvalue weighted by Gasteiger charge is 2.17. The Morgan fingerprint density at radius 1 is 1.21 bits per heavy atom. The smallest absolute Gasteiger partial charge is 0.303 e. The lowest BCUT2D eigenvalue weighted by Crippen LogP contribution is -2.16. The first-order chi connectivity index (χ1) is 13.4. The molecule has 2 rings (SSSR count). The van der Waals surface area contributed by atoms with Crippen molar-refractivity contribution >= 4 is 23.3 Å². The SMILES string of the molecule is CCCOc1ccc(CCC(=O)O)cc1NC(=O)Cc1ccccc1[N+](=O)[O-]. The second-order valence-electron chi connectivity index (χ2n) is 6.18. The van der Waals surface area contributed by atoms with E-state index in [0.29, 0.717) is 30.0 Å². The lowest BCUT2D eigenvalue weighted by Gasteiger charge is -2.14. The maximum atomic E-state index is 12.5. The summed E-state index contributed by atoms with van der Waals surface area (Å²) in [6.07, 6.45) is 0.906. The van der Waals surface area contributed by atoms with E-state index in [-0.39, 0.29) is 18.5 Å². The van der Waals surface area contributed by atoms with Gasteiger partial charge < -0.3 is 15.2 Å². The largest absolute Gasteiger partial charge is 0.491 e. The molecule has 0 aliphatic carbocycles. The van der Waals surface area contributed by atoms with E-state index in [0.717, 1.165) is 12.0 Å². The van der Waals surface area contributed by atoms with Crippen molar-refractivity contribution < 1.29 is 24.4 Å². The molecule has 8 heteroatoms. The first kappa shape index (κ1) is 20.9. The van der Waals surface area contributed by atoms with E-state index < -0.39 is 16.8 Å². The van der Waals surface area contributed by atoms with Gasteiger partial charge >= 0.3 is 5.97 Å². The van der Waals surface area contributed by atoms with Crippen molar-refractivity contribution in [3.63, 3.8) is 0 Å². The summed E-state index contributed by atoms with van der Waals surface area (Å²) in [4.78, 5) is 33.8. The van der Waals surface area contributed by atoms with Crippen molar-refractivity contribution in [1.82, 2.24) is 0 Å². The molecule has 0 heterocycles. The van der Waals surface area contributed by atoms with Crippen LogP contribution in [0.4, 0.5) is 11.4 Å². The quantitative estimate of drug-likeness (QED) is 0.476. The van der Waals surface area contributed by atoms with E-state index in [9.17, 15) is 19.7 Å². The number of nitro groups is 1. The Bertz CT molecular complexity index is 866. The standard InChI is InChI=1S/C20H22N2O6/c1-2-11-28-18-9-7-14(8-10-20(24)25)12-16(18)21-19(23)13-15-5-3-4-6-17(15)22(26)27/h3-7,9,12H,2,8,10-11,13H2,1H3,(H,21,23)(H,24,25). The molecule has 0 aliphatic heterocycles. The molecule has 0 fully saturated rings. The van der Waals surface area contributed by atoms with Crippen LogP contribution in [0.1, 0.15) is 30.9 Å². The molecule has 0 saturated carbocycles. The van der Waals surface area contributed by atoms with Crippen molar-refractivity contribution in [2.24, 2.45) is 0 Å². The van der Waals surface area contributed by atoms with Crippen LogP contribution in [0.25, 0.3) is 0 Å². The van der Waals surface area contributed by atoms with Gasteiger partial charge in [-0.3, -0.25) is 19.7 Å². The van der Waals surface area contributed by atoms with Gasteiger partial charge in [-0.15, -0.1) is 0 Å². The lowest BCUT2D eigenvalue weighted by atomic mass is 10.1. The molecule has 8 nitrogen and oxygen atoms in total. The van der Waals surface area contributed by atoms with Crippen molar-refractivity contribution in [2.45, 2.75) is 32.6 Å². The summed E-state index contributed by atoms with van der Waals surface area (Å²) in [5.74, 6) is -0.865. The molecular formula is C20H22N2O6. The minimum Gasteiger partial charge on any atom is -0.491 e. The molecule has 0 atom stereocenters. The number of amides is 1. The molecular weight excluding hydrogens is 364 g/mol. The Morgan fingerprint density at radius 3 is 2.64 bits per heavy atom. The number of carboxylic acids is 1. The zero-order valence-electron chi connectivity index (χ0n) is 15.5. The summed E-state index contributed by atoms with van der Waals surface area (Å²) in [7, 11) is 0. The number of ether oxygens (including phenoxy) is 1. The van der Waals surface area contributed by atoms with Crippen molar-refractivity contribution in [2.75, 3.05) is 11.9 Å². The third-order valence-electron chi connectivity index (χ3n) is 3.95. The number of aliphatic carboxylic acids is 1. The van der Waals surface area contributed by atoms with E-state index in [2.05, 4.69) is 5.32 Å². The van der Waals surface area contributed by atoms with E-state index in [1.165, 1.54) is 12.1 Å². The average Bonchev–Trinajstić information content (AvgIpc) is 2.65. The number of para-hydroxylation sites is 1. The van der Waals surface area contributed by atoms with Gasteiger partial charge in [0.05, 0.1) is 23.6 Å². The highest BCUT2D eigenvalue weighted by molar-refractivity contribution is 5.94. The molecule has 0 aromatic heterocycles. The summed E-state index contributed by atoms with van der Waals surface area (Å²) in [6.45, 7) is 2.41. The molecule has 2 aromatic carbocycles. The zero-order chi connectivity index (χ0) is 20.5. The summed E-state index contributed by atoms with van der Waals surface area (Å²) in [5, 5.41) is 22.7. The Morgan fingerprint density at radius 2 is 1.96 bits per heavy atom. The van der Waals surface area contributed by atoms with Crippen LogP contribution in [0.15, 0.2) is 42.5 Å². The number of carboxylic acid groups (broad SMARTS) is 1. The van der Waals surface area contributed by atoms with E-state index in [4.69, 9.17) is 9.84 Å². The number of anilines is 1. The maximum absolute atomic E-state index is 12.5. The summed E-state index contributed by atoms with van der Waals surface area (Å²) in [5.41, 5.74) is 1.35. The van der Waals surface area contributed by atoms with Crippen molar-refractivity contribution in [3.05, 3.63) is 63.7 Å². The van der Waals surface area contributed by atoms with Crippen LogP contribution in [0, 0.1) is 10.1 Å². The van der Waals surface area contributed by atoms with Gasteiger partial charge in [0.25, 0.3) is 5.69 Å². The van der Waals surface area contributed by atoms with Crippen LogP contribution in [-0.2, 0) is 22.4 Å². The summed E-state index contributed by atoms with van der Waals surface area (Å²) in [6, 6.07) is 11.2. The van der Waals surface area contributed by atoms with Crippen LogP contribution in [-0.4, -0.2) is 28.5 Å². The summed E-state index contributed by atoms with van der Waals surface area (Å²) >= 11 is 0. The number of hydrogen-bond donors (Lipinski definition) is 2. The average molecular weight is 386 g/mol. The van der Waals surface area contributed by atoms with Gasteiger partial charge in [-0.1, -0.05) is 31.2 Å². The second kappa shape index (κ2) is 10.1. The van der Waals surface area contributed by atoms with Gasteiger partial charge in [-0.25, -0.2) is 0 Å². The van der Waals surface area contributed by atoms with Crippen LogP contribution in [0.5, 0.6) is 5.75 Å². The molecule has 2 aromatic rings. The monoisotopic (exact) mass is 386 g/mol. The Labute approximate surface area is 162 Å². The van der Waals surface area contributed by atoms with Gasteiger partial charge in [0.1, 0.15) is 5.75 Å². The number of benzene rings is 2. The molecule has 0 radical (unpaired) electrons. The van der Waals surface area contributed by atoms with E-state index in [1.807, 2.05) is 6.92 Å². The van der Waals surface area contributed by atoms with Gasteiger partial charge in [0.15, 0.2) is 0 Å². The number of aryl methyl sites for hydroxylation is 1. The second-order valence-corrected chi connectivity index (χ2v) is 6.18. The predicted octanol–water partition coefficient (Wildman–Crippen LogP) is 3.58. The maximum Gasteiger partial charge on any atom is 0.303 e. The normalized spacial score (nSPS) is 10.3. The topological polar surface area (TPSA) is 119 Å². The third kappa shape index (κ3) is 6.08. The first-order valence-electron chi connectivity index (χ1n) is 8.90. The van der Waals surface area contributed by atoms with Crippen LogP contribution in [0.2, 0.25) is 0 Å². The molecule has 0 unspecified atom stereocenters. The Balaban J connectivity index is 2.19. The highest BCUT2D eigenvalue weighted by atomic mass is 16.6. The van der Waals surface area contributed by atoms with Crippen molar-refractivity contribution in [3.8, 4) is 5.75 Å². The lowest BCUT2D eigenvalue weighted by molar-refractivity contribution is -0.385. The van der Waals surface area contributed by atoms with Gasteiger partial charge in [0.2, 0.25) is 5.91 Å². The number of carbonyl (C=O) groups excluding carboxylic acids is 1. The third-order valence-corrected chi connectivity index (χ3v) is 3.95. The minimum absolute atomic E-state index is 0.0290. The van der Waals surface area contributed by atoms with E-state index in [1.54, 1.807) is 30.3 Å². The number of nitrogens with one attached hydrogen (secondary N) is 1. The fourth-order valence-electron chi connectivity index (χ4n) is 2.63. The van der Waals surface area contributed by atoms with Crippen LogP contribution < -0.4 is 10.1 Å². The molecule has 0 saturated heterocycles. The molecule has 2 N–H and O–H groups in total. The Hall–Kier alpha value is -3.42. The fraction of sp³-hybridized carbons (Fsp3) is 0.300. The van der Waals surface area contributed by atoms with E-state index >= 15 is 0 Å². The summed E-state index contributed by atoms with van der Waals surface area (Å²) < 4.78 is 5.64. The van der Waals surface area contributed by atoms with Gasteiger partial charge in [-0.2, -0.15) is 0 Å². The highest BCUT2D eigenvalue weighted by Crippen LogP contribution is 2.27. The number of rotatable bonds is 10. The number of hydrogen-bond acceptors (Lipinski definition) is 5.